The van der Waals surface area contributed by atoms with E-state index in [1.807, 2.05) is 12.1 Å². The molecule has 0 radical (unpaired) electrons. The highest BCUT2D eigenvalue weighted by atomic mass is 16.1. The molecule has 1 aromatic carbocycles. The third-order valence-electron chi connectivity index (χ3n) is 3.36. The molecule has 20 heavy (non-hydrogen) atoms. The Morgan fingerprint density at radius 2 is 2.05 bits per heavy atom. The lowest BCUT2D eigenvalue weighted by Crippen LogP contribution is -2.10. The van der Waals surface area contributed by atoms with Crippen molar-refractivity contribution in [2.24, 2.45) is 0 Å². The number of hydrogen-bond acceptors (Lipinski definition) is 3. The molecular formula is C17H18N2O. The normalized spacial score (nSPS) is 13.6. The Hall–Kier alpha value is -2.34. The van der Waals surface area contributed by atoms with E-state index in [2.05, 4.69) is 26.0 Å². The van der Waals surface area contributed by atoms with Crippen LogP contribution >= 0.6 is 0 Å². The van der Waals surface area contributed by atoms with Gasteiger partial charge in [-0.2, -0.15) is 5.26 Å². The zero-order chi connectivity index (χ0) is 14.9. The zero-order valence-electron chi connectivity index (χ0n) is 12.3. The number of hydrogen-bond donors (Lipinski definition) is 0. The van der Waals surface area contributed by atoms with E-state index >= 15 is 0 Å². The number of carbonyl (C=O) groups is 1. The predicted octanol–water partition coefficient (Wildman–Crippen LogP) is 2.78. The van der Waals surface area contributed by atoms with Crippen LogP contribution in [0.1, 0.15) is 22.3 Å². The van der Waals surface area contributed by atoms with Crippen LogP contribution in [0.15, 0.2) is 29.5 Å². The Morgan fingerprint density at radius 1 is 1.35 bits per heavy atom. The highest BCUT2D eigenvalue weighted by Crippen LogP contribution is 2.30. The number of rotatable bonds is 3. The summed E-state index contributed by atoms with van der Waals surface area (Å²) in [6.07, 6.45) is 4.11. The summed E-state index contributed by atoms with van der Waals surface area (Å²) in [5.74, 6) is -0.172. The lowest BCUT2D eigenvalue weighted by atomic mass is 10.0. The van der Waals surface area contributed by atoms with E-state index in [-0.39, 0.29) is 11.4 Å². The minimum Gasteiger partial charge on any atom is -0.382 e. The minimum atomic E-state index is -0.172. The average molecular weight is 266 g/mol. The second kappa shape index (κ2) is 5.34. The summed E-state index contributed by atoms with van der Waals surface area (Å²) in [5, 5.41) is 9.13. The Kier molecular flexibility index (Phi) is 3.76. The van der Waals surface area contributed by atoms with E-state index in [1.165, 1.54) is 16.7 Å². The number of Topliss-reactive ketones (excluding diaryl/α,β-unsaturated/α-hetero) is 1. The van der Waals surface area contributed by atoms with Crippen LogP contribution in [0.3, 0.4) is 0 Å². The Bertz CT molecular complexity index is 673. The first-order chi connectivity index (χ1) is 9.42. The molecule has 2 rings (SSSR count). The fraction of sp³-hybridized carbons (Fsp3) is 0.294. The van der Waals surface area contributed by atoms with Crippen LogP contribution in [-0.2, 0) is 11.2 Å². The molecule has 0 aromatic heterocycles. The van der Waals surface area contributed by atoms with Gasteiger partial charge in [-0.05, 0) is 36.6 Å². The zero-order valence-corrected chi connectivity index (χ0v) is 12.3. The second-order valence-electron chi connectivity index (χ2n) is 5.45. The number of nitriles is 1. The summed E-state index contributed by atoms with van der Waals surface area (Å²) in [6, 6.07) is 6.22. The van der Waals surface area contributed by atoms with Gasteiger partial charge in [-0.15, -0.1) is 0 Å². The molecule has 0 spiro atoms. The molecule has 0 heterocycles. The van der Waals surface area contributed by atoms with E-state index in [0.29, 0.717) is 12.0 Å². The van der Waals surface area contributed by atoms with Crippen LogP contribution in [0.25, 0.3) is 6.08 Å². The Labute approximate surface area is 119 Å². The van der Waals surface area contributed by atoms with E-state index in [0.717, 1.165) is 5.56 Å². The van der Waals surface area contributed by atoms with Gasteiger partial charge in [0.15, 0.2) is 0 Å². The fourth-order valence-corrected chi connectivity index (χ4v) is 2.57. The maximum Gasteiger partial charge on any atom is 0.201 e. The third kappa shape index (κ3) is 2.65. The van der Waals surface area contributed by atoms with Gasteiger partial charge in [-0.3, -0.25) is 4.79 Å². The van der Waals surface area contributed by atoms with Crippen LogP contribution in [0.2, 0.25) is 0 Å². The van der Waals surface area contributed by atoms with E-state index < -0.39 is 0 Å². The lowest BCUT2D eigenvalue weighted by molar-refractivity contribution is -0.111. The molecule has 0 fully saturated rings. The van der Waals surface area contributed by atoms with Crippen LogP contribution in [0, 0.1) is 25.2 Å². The molecule has 102 valence electrons. The summed E-state index contributed by atoms with van der Waals surface area (Å²) in [7, 11) is 3.60. The topological polar surface area (TPSA) is 44.1 Å². The minimum absolute atomic E-state index is 0.172. The second-order valence-corrected chi connectivity index (χ2v) is 5.45. The summed E-state index contributed by atoms with van der Waals surface area (Å²) in [4.78, 5) is 14.1. The van der Waals surface area contributed by atoms with Crippen molar-refractivity contribution in [1.82, 2.24) is 4.90 Å². The largest absolute Gasteiger partial charge is 0.382 e. The monoisotopic (exact) mass is 266 g/mol. The highest BCUT2D eigenvalue weighted by molar-refractivity contribution is 6.14. The van der Waals surface area contributed by atoms with Crippen molar-refractivity contribution in [2.45, 2.75) is 20.3 Å². The Balaban J connectivity index is 2.35. The first-order valence-corrected chi connectivity index (χ1v) is 6.56. The molecule has 0 unspecified atom stereocenters. The van der Waals surface area contributed by atoms with E-state index in [9.17, 15) is 4.79 Å². The van der Waals surface area contributed by atoms with Gasteiger partial charge in [-0.25, -0.2) is 0 Å². The molecule has 1 aliphatic rings. The number of benzene rings is 1. The third-order valence-corrected chi connectivity index (χ3v) is 3.36. The maximum atomic E-state index is 12.4. The summed E-state index contributed by atoms with van der Waals surface area (Å²) in [6.45, 7) is 4.11. The maximum absolute atomic E-state index is 12.4. The van der Waals surface area contributed by atoms with E-state index in [1.54, 1.807) is 25.2 Å². The molecule has 0 saturated heterocycles. The van der Waals surface area contributed by atoms with E-state index in [4.69, 9.17) is 5.26 Å². The van der Waals surface area contributed by atoms with Gasteiger partial charge in [0.1, 0.15) is 11.6 Å². The summed E-state index contributed by atoms with van der Waals surface area (Å²) in [5.41, 5.74) is 5.56. The summed E-state index contributed by atoms with van der Waals surface area (Å²) < 4.78 is 0. The molecule has 0 aliphatic heterocycles. The van der Waals surface area contributed by atoms with Crippen molar-refractivity contribution in [2.75, 3.05) is 14.1 Å². The average Bonchev–Trinajstić information content (AvgIpc) is 2.78. The summed E-state index contributed by atoms with van der Waals surface area (Å²) >= 11 is 0. The molecule has 1 aromatic rings. The van der Waals surface area contributed by atoms with Gasteiger partial charge in [-0.1, -0.05) is 17.7 Å². The molecule has 0 saturated carbocycles. The molecule has 0 amide bonds. The number of nitrogens with zero attached hydrogens (tertiary/aromatic N) is 2. The van der Waals surface area contributed by atoms with Gasteiger partial charge in [0.05, 0.1) is 0 Å². The van der Waals surface area contributed by atoms with Gasteiger partial charge < -0.3 is 4.90 Å². The number of fused-ring (bicyclic) bond motifs is 1. The van der Waals surface area contributed by atoms with Crippen molar-refractivity contribution in [3.63, 3.8) is 0 Å². The highest BCUT2D eigenvalue weighted by Gasteiger charge is 2.22. The van der Waals surface area contributed by atoms with Gasteiger partial charge in [0.25, 0.3) is 0 Å². The first kappa shape index (κ1) is 14.1. The molecule has 0 bridgehead atoms. The number of carbonyl (C=O) groups excluding carboxylic acids is 1. The smallest absolute Gasteiger partial charge is 0.201 e. The van der Waals surface area contributed by atoms with Gasteiger partial charge in [0.2, 0.25) is 5.78 Å². The number of aryl methyl sites for hydroxylation is 2. The van der Waals surface area contributed by atoms with Gasteiger partial charge in [0, 0.05) is 32.3 Å². The van der Waals surface area contributed by atoms with Crippen molar-refractivity contribution in [3.05, 3.63) is 51.7 Å². The van der Waals surface area contributed by atoms with Crippen LogP contribution in [0.5, 0.6) is 0 Å². The molecule has 1 aliphatic carbocycles. The fourth-order valence-electron chi connectivity index (χ4n) is 2.57. The quantitative estimate of drug-likeness (QED) is 0.624. The SMILES string of the molecule is Cc1cc(C)c2c(c1)CC(C(=O)C(C#N)=CN(C)C)=C2. The van der Waals surface area contributed by atoms with Crippen molar-refractivity contribution < 1.29 is 4.79 Å². The van der Waals surface area contributed by atoms with Crippen molar-refractivity contribution >= 4 is 11.9 Å². The molecule has 3 heteroatoms. The molecule has 0 N–H and O–H groups in total. The van der Waals surface area contributed by atoms with Crippen molar-refractivity contribution in [1.29, 1.82) is 5.26 Å². The molecular weight excluding hydrogens is 248 g/mol. The molecule has 3 nitrogen and oxygen atoms in total. The lowest BCUT2D eigenvalue weighted by Gasteiger charge is -2.06. The molecule has 0 atom stereocenters. The van der Waals surface area contributed by atoms with Crippen LogP contribution in [0.4, 0.5) is 0 Å². The number of ketones is 1. The standard InChI is InChI=1S/C17H18N2O/c1-11-5-12(2)16-8-14(7-13(16)6-11)17(20)15(9-18)10-19(3)4/h5-6,8,10H,7H2,1-4H3. The first-order valence-electron chi connectivity index (χ1n) is 6.56. The van der Waals surface area contributed by atoms with Crippen LogP contribution in [-0.4, -0.2) is 24.8 Å². The number of allylic oxidation sites excluding steroid dienone is 2. The van der Waals surface area contributed by atoms with Crippen molar-refractivity contribution in [3.8, 4) is 6.07 Å². The van der Waals surface area contributed by atoms with Gasteiger partial charge >= 0.3 is 0 Å². The predicted molar refractivity (Wildman–Crippen MR) is 80.0 cm³/mol. The Morgan fingerprint density at radius 3 is 2.65 bits per heavy atom. The van der Waals surface area contributed by atoms with Crippen LogP contribution < -0.4 is 0 Å².